The number of hydrogen-bond acceptors (Lipinski definition) is 8. The minimum absolute atomic E-state index is 0.0527. The van der Waals surface area contributed by atoms with E-state index in [1.54, 1.807) is 0 Å². The molecule has 0 heterocycles. The summed E-state index contributed by atoms with van der Waals surface area (Å²) >= 11 is 0. The Bertz CT molecular complexity index is 598. The van der Waals surface area contributed by atoms with E-state index in [9.17, 15) is 29.4 Å². The number of ketones is 2. The van der Waals surface area contributed by atoms with Gasteiger partial charge in [0.15, 0.2) is 11.6 Å². The highest BCUT2D eigenvalue weighted by Crippen LogP contribution is 2.17. The number of carbonyl (C=O) groups is 4. The van der Waals surface area contributed by atoms with Crippen LogP contribution >= 0.6 is 0 Å². The van der Waals surface area contributed by atoms with Gasteiger partial charge in [-0.25, -0.2) is 0 Å². The Hall–Kier alpha value is -2.40. The number of hydrogen-bond donors (Lipinski definition) is 4. The molecule has 0 spiro atoms. The SMILES string of the molecule is C=C(C)C(=O)C(CC(=O)O)C(O)COCCOCC(O)C(CC(=O)O)C(=O)C(=C)C. The third-order valence-electron chi connectivity index (χ3n) is 4.18. The first-order valence-corrected chi connectivity index (χ1v) is 9.23. The largest absolute Gasteiger partial charge is 0.481 e. The molecule has 0 aromatic heterocycles. The Morgan fingerprint density at radius 3 is 1.27 bits per heavy atom. The van der Waals surface area contributed by atoms with Crippen LogP contribution in [0.3, 0.4) is 0 Å². The summed E-state index contributed by atoms with van der Waals surface area (Å²) in [6, 6.07) is 0. The molecule has 0 radical (unpaired) electrons. The van der Waals surface area contributed by atoms with Gasteiger partial charge < -0.3 is 29.9 Å². The van der Waals surface area contributed by atoms with E-state index in [4.69, 9.17) is 19.7 Å². The number of aliphatic hydroxyl groups is 2. The van der Waals surface area contributed by atoms with Crippen LogP contribution in [-0.4, -0.2) is 82.6 Å². The number of ether oxygens (including phenoxy) is 2. The van der Waals surface area contributed by atoms with E-state index in [-0.39, 0.29) is 37.6 Å². The van der Waals surface area contributed by atoms with Gasteiger partial charge in [-0.15, -0.1) is 0 Å². The lowest BCUT2D eigenvalue weighted by Gasteiger charge is -2.21. The molecule has 0 bridgehead atoms. The molecule has 0 aromatic carbocycles. The maximum atomic E-state index is 12.0. The number of carboxylic acid groups (broad SMARTS) is 2. The third kappa shape index (κ3) is 10.4. The van der Waals surface area contributed by atoms with Gasteiger partial charge >= 0.3 is 11.9 Å². The van der Waals surface area contributed by atoms with Crippen molar-refractivity contribution < 1.29 is 49.1 Å². The zero-order chi connectivity index (χ0) is 23.4. The summed E-state index contributed by atoms with van der Waals surface area (Å²) in [5, 5.41) is 37.9. The molecule has 10 heteroatoms. The number of allylic oxidation sites excluding steroid dienone is 2. The highest BCUT2D eigenvalue weighted by Gasteiger charge is 2.30. The molecule has 0 amide bonds. The molecule has 170 valence electrons. The molecule has 4 unspecified atom stereocenters. The van der Waals surface area contributed by atoms with Crippen LogP contribution in [0, 0.1) is 11.8 Å². The van der Waals surface area contributed by atoms with Crippen molar-refractivity contribution in [3.8, 4) is 0 Å². The molecule has 0 saturated carbocycles. The van der Waals surface area contributed by atoms with Crippen LogP contribution < -0.4 is 0 Å². The number of rotatable bonds is 17. The monoisotopic (exact) mass is 430 g/mol. The fraction of sp³-hybridized carbons (Fsp3) is 0.600. The predicted octanol–water partition coefficient (Wildman–Crippen LogP) is 0.214. The molecule has 0 fully saturated rings. The van der Waals surface area contributed by atoms with Crippen molar-refractivity contribution >= 4 is 23.5 Å². The van der Waals surface area contributed by atoms with Crippen molar-refractivity contribution in [3.63, 3.8) is 0 Å². The van der Waals surface area contributed by atoms with Crippen molar-refractivity contribution in [2.45, 2.75) is 38.9 Å². The van der Waals surface area contributed by atoms with E-state index in [0.29, 0.717) is 0 Å². The number of aliphatic carboxylic acids is 2. The van der Waals surface area contributed by atoms with Crippen molar-refractivity contribution in [3.05, 3.63) is 24.3 Å². The Balaban J connectivity index is 4.46. The number of carbonyl (C=O) groups excluding carboxylic acids is 2. The van der Waals surface area contributed by atoms with Gasteiger partial charge in [0.05, 0.1) is 63.3 Å². The minimum Gasteiger partial charge on any atom is -0.481 e. The quantitative estimate of drug-likeness (QED) is 0.185. The van der Waals surface area contributed by atoms with Gasteiger partial charge in [-0.05, 0) is 25.0 Å². The maximum absolute atomic E-state index is 12.0. The van der Waals surface area contributed by atoms with E-state index in [1.807, 2.05) is 0 Å². The second kappa shape index (κ2) is 13.8. The van der Waals surface area contributed by atoms with E-state index in [1.165, 1.54) is 13.8 Å². The van der Waals surface area contributed by atoms with Gasteiger partial charge in [0.25, 0.3) is 0 Å². The number of Topliss-reactive ketones (excluding diaryl/α,β-unsaturated/α-hetero) is 2. The van der Waals surface area contributed by atoms with E-state index < -0.39 is 60.4 Å². The second-order valence-electron chi connectivity index (χ2n) is 6.98. The van der Waals surface area contributed by atoms with Crippen LogP contribution in [0.4, 0.5) is 0 Å². The molecule has 0 aliphatic rings. The molecule has 0 aliphatic carbocycles. The molecule has 0 aromatic rings. The summed E-state index contributed by atoms with van der Waals surface area (Å²) in [6.07, 6.45) is -3.85. The summed E-state index contributed by atoms with van der Waals surface area (Å²) in [7, 11) is 0. The Morgan fingerprint density at radius 2 is 1.03 bits per heavy atom. The van der Waals surface area contributed by atoms with Gasteiger partial charge in [0.1, 0.15) is 0 Å². The Kier molecular flexibility index (Phi) is 12.7. The Labute approximate surface area is 174 Å². The molecule has 0 aliphatic heterocycles. The standard InChI is InChI=1S/C20H30O10/c1-11(2)19(27)13(7-17(23)24)15(21)9-29-5-6-30-10-16(22)14(8-18(25)26)20(28)12(3)4/h13-16,21-22H,1,3,5-10H2,2,4H3,(H,23,24)(H,25,26). The minimum atomic E-state index is -1.36. The predicted molar refractivity (Wildman–Crippen MR) is 105 cm³/mol. The normalized spacial score (nSPS) is 14.9. The highest BCUT2D eigenvalue weighted by molar-refractivity contribution is 5.98. The third-order valence-corrected chi connectivity index (χ3v) is 4.18. The summed E-state index contributed by atoms with van der Waals surface area (Å²) in [4.78, 5) is 45.7. The Morgan fingerprint density at radius 1 is 0.733 bits per heavy atom. The maximum Gasteiger partial charge on any atom is 0.304 e. The van der Waals surface area contributed by atoms with E-state index in [2.05, 4.69) is 13.2 Å². The first-order valence-electron chi connectivity index (χ1n) is 9.23. The van der Waals surface area contributed by atoms with Crippen LogP contribution in [0.5, 0.6) is 0 Å². The molecule has 4 atom stereocenters. The van der Waals surface area contributed by atoms with Crippen molar-refractivity contribution in [1.82, 2.24) is 0 Å². The summed E-state index contributed by atoms with van der Waals surface area (Å²) < 4.78 is 10.3. The van der Waals surface area contributed by atoms with Crippen LogP contribution in [0.25, 0.3) is 0 Å². The smallest absolute Gasteiger partial charge is 0.304 e. The lowest BCUT2D eigenvalue weighted by Crippen LogP contribution is -2.35. The van der Waals surface area contributed by atoms with Crippen LogP contribution in [0.15, 0.2) is 24.3 Å². The summed E-state index contributed by atoms with van der Waals surface area (Å²) in [6.45, 7) is 8.99. The molecule has 0 rings (SSSR count). The summed E-state index contributed by atoms with van der Waals surface area (Å²) in [5.41, 5.74) is 0.246. The molecule has 4 N–H and O–H groups in total. The zero-order valence-electron chi connectivity index (χ0n) is 17.2. The van der Waals surface area contributed by atoms with Gasteiger partial charge in [-0.1, -0.05) is 13.2 Å². The first-order chi connectivity index (χ1) is 13.9. The van der Waals surface area contributed by atoms with E-state index in [0.717, 1.165) is 0 Å². The topological polar surface area (TPSA) is 168 Å². The fourth-order valence-electron chi connectivity index (χ4n) is 2.57. The van der Waals surface area contributed by atoms with Crippen molar-refractivity contribution in [1.29, 1.82) is 0 Å². The van der Waals surface area contributed by atoms with Gasteiger partial charge in [-0.2, -0.15) is 0 Å². The van der Waals surface area contributed by atoms with Gasteiger partial charge in [0, 0.05) is 0 Å². The molecular formula is C20H30O10. The van der Waals surface area contributed by atoms with E-state index >= 15 is 0 Å². The lowest BCUT2D eigenvalue weighted by atomic mass is 9.91. The zero-order valence-corrected chi connectivity index (χ0v) is 17.2. The van der Waals surface area contributed by atoms with Gasteiger partial charge in [-0.3, -0.25) is 19.2 Å². The molecule has 10 nitrogen and oxygen atoms in total. The van der Waals surface area contributed by atoms with Crippen LogP contribution in [0.2, 0.25) is 0 Å². The number of carboxylic acids is 2. The fourth-order valence-corrected chi connectivity index (χ4v) is 2.57. The van der Waals surface area contributed by atoms with Crippen LogP contribution in [0.1, 0.15) is 26.7 Å². The van der Waals surface area contributed by atoms with Gasteiger partial charge in [0.2, 0.25) is 0 Å². The second-order valence-corrected chi connectivity index (χ2v) is 6.98. The average Bonchev–Trinajstić information content (AvgIpc) is 2.64. The molecular weight excluding hydrogens is 400 g/mol. The van der Waals surface area contributed by atoms with Crippen LogP contribution in [-0.2, 0) is 28.7 Å². The first kappa shape index (κ1) is 27.6. The highest BCUT2D eigenvalue weighted by atomic mass is 16.5. The molecule has 0 saturated heterocycles. The molecule has 30 heavy (non-hydrogen) atoms. The van der Waals surface area contributed by atoms with Crippen molar-refractivity contribution in [2.24, 2.45) is 11.8 Å². The average molecular weight is 430 g/mol. The van der Waals surface area contributed by atoms with Crippen molar-refractivity contribution in [2.75, 3.05) is 26.4 Å². The number of aliphatic hydroxyl groups excluding tert-OH is 2. The summed E-state index contributed by atoms with van der Waals surface area (Å²) in [5.74, 6) is -6.00. The lowest BCUT2D eigenvalue weighted by molar-refractivity contribution is -0.144.